The number of carbonyl (C=O) groups is 3. The summed E-state index contributed by atoms with van der Waals surface area (Å²) in [5.74, 6) is -1.47. The van der Waals surface area contributed by atoms with Gasteiger partial charge in [0.1, 0.15) is 6.54 Å². The second-order valence-corrected chi connectivity index (χ2v) is 11.5. The van der Waals surface area contributed by atoms with Crippen LogP contribution in [0.5, 0.6) is 0 Å². The Kier molecular flexibility index (Phi) is 12.0. The Balaban J connectivity index is 2.00. The highest BCUT2D eigenvalue weighted by molar-refractivity contribution is 5.98. The number of carbonyl (C=O) groups excluding carboxylic acids is 2. The van der Waals surface area contributed by atoms with E-state index >= 15 is 0 Å². The Morgan fingerprint density at radius 2 is 1.67 bits per heavy atom. The van der Waals surface area contributed by atoms with Crippen LogP contribution < -0.4 is 4.90 Å². The molecule has 0 saturated carbocycles. The van der Waals surface area contributed by atoms with Crippen molar-refractivity contribution in [2.45, 2.75) is 78.6 Å². The lowest BCUT2D eigenvalue weighted by Gasteiger charge is -2.30. The minimum atomic E-state index is -4.56. The fraction of sp³-hybridized carbons (Fsp3) is 0.531. The van der Waals surface area contributed by atoms with Gasteiger partial charge in [-0.1, -0.05) is 45.2 Å². The molecule has 2 aromatic rings. The van der Waals surface area contributed by atoms with Crippen LogP contribution in [0.3, 0.4) is 0 Å². The Bertz CT molecular complexity index is 1230. The van der Waals surface area contributed by atoms with Crippen molar-refractivity contribution in [3.63, 3.8) is 0 Å². The van der Waals surface area contributed by atoms with E-state index in [9.17, 15) is 32.7 Å². The molecule has 1 heterocycles. The number of nitrogens with zero attached hydrogens (tertiary/aromatic N) is 3. The van der Waals surface area contributed by atoms with Crippen molar-refractivity contribution in [1.29, 1.82) is 0 Å². The van der Waals surface area contributed by atoms with Crippen LogP contribution in [0.15, 0.2) is 42.5 Å². The number of fused-ring (bicyclic) bond motifs is 1. The summed E-state index contributed by atoms with van der Waals surface area (Å²) in [7, 11) is 0. The van der Waals surface area contributed by atoms with Gasteiger partial charge in [-0.2, -0.15) is 13.2 Å². The maximum atomic E-state index is 13.7. The Morgan fingerprint density at radius 3 is 2.31 bits per heavy atom. The van der Waals surface area contributed by atoms with E-state index in [1.54, 1.807) is 23.1 Å². The number of alkyl halides is 3. The number of carboxylic acid groups (broad SMARTS) is 1. The molecule has 0 aromatic heterocycles. The van der Waals surface area contributed by atoms with Gasteiger partial charge in [0, 0.05) is 37.8 Å². The zero-order chi connectivity index (χ0) is 30.9. The van der Waals surface area contributed by atoms with Crippen LogP contribution >= 0.6 is 0 Å². The highest BCUT2D eigenvalue weighted by atomic mass is 19.4. The molecule has 10 heteroatoms. The van der Waals surface area contributed by atoms with Crippen LogP contribution in [0.4, 0.5) is 18.9 Å². The lowest BCUT2D eigenvalue weighted by atomic mass is 10.0. The predicted molar refractivity (Wildman–Crippen MR) is 156 cm³/mol. The van der Waals surface area contributed by atoms with Crippen LogP contribution in [-0.4, -0.2) is 58.9 Å². The molecule has 42 heavy (non-hydrogen) atoms. The molecular weight excluding hydrogens is 547 g/mol. The van der Waals surface area contributed by atoms with Crippen LogP contribution in [0.1, 0.15) is 86.3 Å². The molecule has 0 bridgehead atoms. The van der Waals surface area contributed by atoms with E-state index in [0.29, 0.717) is 19.0 Å². The monoisotopic (exact) mass is 589 g/mol. The molecule has 230 valence electrons. The number of hydrogen-bond acceptors (Lipinski definition) is 4. The first-order valence-electron chi connectivity index (χ1n) is 14.7. The number of aliphatic carboxylic acids is 1. The van der Waals surface area contributed by atoms with Crippen LogP contribution in [0.25, 0.3) is 0 Å². The Hall–Kier alpha value is -3.40. The van der Waals surface area contributed by atoms with Gasteiger partial charge in [0.15, 0.2) is 0 Å². The van der Waals surface area contributed by atoms with Crippen molar-refractivity contribution < 1.29 is 32.7 Å². The van der Waals surface area contributed by atoms with Crippen molar-refractivity contribution >= 4 is 23.5 Å². The molecule has 0 aliphatic carbocycles. The van der Waals surface area contributed by atoms with Crippen LogP contribution in [0.2, 0.25) is 0 Å². The van der Waals surface area contributed by atoms with Crippen molar-refractivity contribution in [1.82, 2.24) is 9.80 Å². The molecule has 0 fully saturated rings. The summed E-state index contributed by atoms with van der Waals surface area (Å²) < 4.78 is 39.8. The van der Waals surface area contributed by atoms with E-state index < -0.39 is 30.2 Å². The van der Waals surface area contributed by atoms with Gasteiger partial charge in [-0.15, -0.1) is 0 Å². The first-order chi connectivity index (χ1) is 19.8. The second kappa shape index (κ2) is 15.2. The molecule has 0 spiro atoms. The molecule has 0 unspecified atom stereocenters. The number of amides is 2. The Morgan fingerprint density at radius 1 is 0.976 bits per heavy atom. The molecule has 0 saturated heterocycles. The van der Waals surface area contributed by atoms with Gasteiger partial charge in [0.05, 0.1) is 5.56 Å². The highest BCUT2D eigenvalue weighted by Crippen LogP contribution is 2.30. The number of hydrogen-bond donors (Lipinski definition) is 1. The molecule has 3 rings (SSSR count). The van der Waals surface area contributed by atoms with Gasteiger partial charge in [0.25, 0.3) is 5.91 Å². The molecule has 2 aromatic carbocycles. The molecule has 7 nitrogen and oxygen atoms in total. The van der Waals surface area contributed by atoms with E-state index in [1.807, 2.05) is 0 Å². The normalized spacial score (nSPS) is 15.5. The zero-order valence-electron chi connectivity index (χ0n) is 24.8. The largest absolute Gasteiger partial charge is 0.480 e. The Labute approximate surface area is 246 Å². The SMILES string of the molecule is CC(=O)N1CCCCCCCN(CCC(C)C)Cc2cc(C(=O)N(CC(=O)O)Cc3cccc(C(F)(F)F)c3)ccc21. The average molecular weight is 590 g/mol. The highest BCUT2D eigenvalue weighted by Gasteiger charge is 2.31. The first kappa shape index (κ1) is 33.1. The summed E-state index contributed by atoms with van der Waals surface area (Å²) >= 11 is 0. The van der Waals surface area contributed by atoms with Crippen molar-refractivity contribution in [2.75, 3.05) is 31.1 Å². The molecular formula is C32H42F3N3O4. The fourth-order valence-corrected chi connectivity index (χ4v) is 5.26. The summed E-state index contributed by atoms with van der Waals surface area (Å²) in [6, 6.07) is 9.56. The third kappa shape index (κ3) is 9.86. The topological polar surface area (TPSA) is 81.2 Å². The third-order valence-corrected chi connectivity index (χ3v) is 7.51. The lowest BCUT2D eigenvalue weighted by molar-refractivity contribution is -0.139. The standard InChI is InChI=1S/C32H42F3N3O4/c1-23(2)14-17-36-15-7-5-4-6-8-16-38(24(3)39)29-13-12-26(19-27(29)21-36)31(42)37(22-30(40)41)20-25-10-9-11-28(18-25)32(33,34)35/h9-13,18-19,23H,4-8,14-17,20-22H2,1-3H3,(H,40,41). The second-order valence-electron chi connectivity index (χ2n) is 11.5. The minimum Gasteiger partial charge on any atom is -0.480 e. The number of carboxylic acids is 1. The molecule has 2 amide bonds. The van der Waals surface area contributed by atoms with Gasteiger partial charge in [-0.05, 0) is 79.7 Å². The van der Waals surface area contributed by atoms with Crippen molar-refractivity contribution in [3.8, 4) is 0 Å². The fourth-order valence-electron chi connectivity index (χ4n) is 5.26. The van der Waals surface area contributed by atoms with E-state index in [1.165, 1.54) is 19.1 Å². The first-order valence-corrected chi connectivity index (χ1v) is 14.7. The van der Waals surface area contributed by atoms with Gasteiger partial charge >= 0.3 is 12.1 Å². The molecule has 0 atom stereocenters. The van der Waals surface area contributed by atoms with E-state index in [-0.39, 0.29) is 23.6 Å². The number of halogens is 3. The summed E-state index contributed by atoms with van der Waals surface area (Å²) in [5.41, 5.74) is 1.04. The van der Waals surface area contributed by atoms with Crippen molar-refractivity contribution in [2.24, 2.45) is 5.92 Å². The number of anilines is 1. The minimum absolute atomic E-state index is 0.0989. The number of rotatable bonds is 8. The quantitative estimate of drug-likeness (QED) is 0.375. The third-order valence-electron chi connectivity index (χ3n) is 7.51. The maximum Gasteiger partial charge on any atom is 0.416 e. The summed E-state index contributed by atoms with van der Waals surface area (Å²) in [4.78, 5) is 43.2. The summed E-state index contributed by atoms with van der Waals surface area (Å²) in [6.07, 6.45) is 1.56. The summed E-state index contributed by atoms with van der Waals surface area (Å²) in [6.45, 7) is 7.69. The van der Waals surface area contributed by atoms with Gasteiger partial charge in [0.2, 0.25) is 5.91 Å². The maximum absolute atomic E-state index is 13.7. The van der Waals surface area contributed by atoms with Crippen molar-refractivity contribution in [3.05, 3.63) is 64.7 Å². The molecule has 1 aliphatic rings. The van der Waals surface area contributed by atoms with E-state index in [4.69, 9.17) is 0 Å². The van der Waals surface area contributed by atoms with Gasteiger partial charge < -0.3 is 14.9 Å². The van der Waals surface area contributed by atoms with Crippen LogP contribution in [0, 0.1) is 5.92 Å². The number of benzene rings is 2. The molecule has 1 N–H and O–H groups in total. The van der Waals surface area contributed by atoms with E-state index in [2.05, 4.69) is 18.7 Å². The van der Waals surface area contributed by atoms with E-state index in [0.717, 1.165) is 79.9 Å². The van der Waals surface area contributed by atoms with Gasteiger partial charge in [-0.25, -0.2) is 0 Å². The predicted octanol–water partition coefficient (Wildman–Crippen LogP) is 6.60. The summed E-state index contributed by atoms with van der Waals surface area (Å²) in [5, 5.41) is 9.52. The van der Waals surface area contributed by atoms with Crippen LogP contribution in [-0.2, 0) is 28.9 Å². The molecule has 0 radical (unpaired) electrons. The zero-order valence-corrected chi connectivity index (χ0v) is 24.8. The lowest BCUT2D eigenvalue weighted by Crippen LogP contribution is -2.36. The molecule has 1 aliphatic heterocycles. The van der Waals surface area contributed by atoms with Gasteiger partial charge in [-0.3, -0.25) is 19.3 Å². The average Bonchev–Trinajstić information content (AvgIpc) is 2.91. The smallest absolute Gasteiger partial charge is 0.416 e.